The largest absolute Gasteiger partial charge is 0.787 e. The Bertz CT molecular complexity index is 478. The van der Waals surface area contributed by atoms with Crippen molar-refractivity contribution in [3.05, 3.63) is 35.9 Å². The average Bonchev–Trinajstić information content (AvgIpc) is 2.37. The fourth-order valence-corrected chi connectivity index (χ4v) is 3.28. The Kier molecular flexibility index (Phi) is 7.45. The minimum atomic E-state index is -1.60. The summed E-state index contributed by atoms with van der Waals surface area (Å²) in [5.41, 5.74) is 1.17. The molecule has 6 nitrogen and oxygen atoms in total. The van der Waals surface area contributed by atoms with Crippen molar-refractivity contribution in [2.24, 2.45) is 10.2 Å². The van der Waals surface area contributed by atoms with E-state index in [0.717, 1.165) is 0 Å². The fourth-order valence-electron chi connectivity index (χ4n) is 1.79. The smallest absolute Gasteiger partial charge is 0.303 e. The number of nitrogens with zero attached hydrogens (tertiary/aromatic N) is 4. The molecule has 0 atom stereocenters. The Hall–Kier alpha value is -2.02. The molecule has 0 saturated heterocycles. The maximum absolute atomic E-state index is 5.91. The average molecular weight is 321 g/mol. The van der Waals surface area contributed by atoms with Crippen molar-refractivity contribution in [3.8, 4) is 0 Å². The number of benzene rings is 1. The lowest BCUT2D eigenvalue weighted by atomic mass is 10.2. The van der Waals surface area contributed by atoms with E-state index in [4.69, 9.17) is 8.85 Å². The molecule has 0 aliphatic rings. The van der Waals surface area contributed by atoms with Crippen LogP contribution in [0.1, 0.15) is 19.4 Å². The summed E-state index contributed by atoms with van der Waals surface area (Å²) in [6.45, 7) is 3.66. The van der Waals surface area contributed by atoms with Gasteiger partial charge in [-0.1, -0.05) is 30.3 Å². The molecule has 0 aromatic heterocycles. The van der Waals surface area contributed by atoms with Crippen molar-refractivity contribution < 1.29 is 8.85 Å². The molecule has 1 rings (SSSR count). The zero-order valence-corrected chi connectivity index (χ0v) is 15.2. The molecule has 0 saturated carbocycles. The normalized spacial score (nSPS) is 11.9. The Labute approximate surface area is 134 Å². The van der Waals surface area contributed by atoms with Gasteiger partial charge in [-0.25, -0.2) is 0 Å². The summed E-state index contributed by atoms with van der Waals surface area (Å²) in [5, 5.41) is 11.9. The summed E-state index contributed by atoms with van der Waals surface area (Å²) < 4.78 is 11.8. The van der Waals surface area contributed by atoms with E-state index in [1.54, 1.807) is 10.0 Å². The van der Waals surface area contributed by atoms with E-state index in [0.29, 0.717) is 17.8 Å². The van der Waals surface area contributed by atoms with Gasteiger partial charge < -0.3 is 8.85 Å². The monoisotopic (exact) mass is 321 g/mol. The van der Waals surface area contributed by atoms with Gasteiger partial charge >= 0.3 is 9.28 Å². The molecular weight excluding hydrogens is 296 g/mol. The molecule has 0 radical (unpaired) electrons. The van der Waals surface area contributed by atoms with Crippen molar-refractivity contribution in [2.75, 3.05) is 28.2 Å². The van der Waals surface area contributed by atoms with Crippen LogP contribution in [0.5, 0.6) is 0 Å². The molecule has 0 aliphatic carbocycles. The summed E-state index contributed by atoms with van der Waals surface area (Å²) in [7, 11) is 5.83. The minimum absolute atomic E-state index is 0.590. The molecule has 0 unspecified atom stereocenters. The molecule has 0 spiro atoms. The maximum Gasteiger partial charge on any atom is 0.787 e. The van der Waals surface area contributed by atoms with Crippen LogP contribution in [0.2, 0.25) is 0 Å². The Balaban J connectivity index is 2.80. The van der Waals surface area contributed by atoms with Crippen molar-refractivity contribution in [1.29, 1.82) is 0 Å². The molecule has 0 heterocycles. The molecule has 0 amide bonds. The summed E-state index contributed by atoms with van der Waals surface area (Å²) in [6.07, 6.45) is 0. The van der Waals surface area contributed by atoms with Crippen LogP contribution in [-0.4, -0.2) is 59.3 Å². The molecule has 0 N–H and O–H groups in total. The van der Waals surface area contributed by atoms with E-state index in [-0.39, 0.29) is 0 Å². The van der Waals surface area contributed by atoms with E-state index in [1.165, 1.54) is 5.56 Å². The first kappa shape index (κ1) is 18.0. The summed E-state index contributed by atoms with van der Waals surface area (Å²) >= 11 is 0. The van der Waals surface area contributed by atoms with Gasteiger partial charge in [0, 0.05) is 42.0 Å². The minimum Gasteiger partial charge on any atom is -0.303 e. The molecule has 1 aromatic rings. The Morgan fingerprint density at radius 3 is 1.77 bits per heavy atom. The van der Waals surface area contributed by atoms with Gasteiger partial charge in [-0.3, -0.25) is 10.0 Å². The van der Waals surface area contributed by atoms with Crippen LogP contribution >= 0.6 is 0 Å². The van der Waals surface area contributed by atoms with Gasteiger partial charge in [0.05, 0.1) is 0 Å². The van der Waals surface area contributed by atoms with Gasteiger partial charge in [0.15, 0.2) is 6.04 Å². The molecule has 22 heavy (non-hydrogen) atoms. The summed E-state index contributed by atoms with van der Waals surface area (Å²) in [4.78, 5) is 0. The van der Waals surface area contributed by atoms with Crippen LogP contribution in [0.4, 0.5) is 0 Å². The van der Waals surface area contributed by atoms with Crippen molar-refractivity contribution in [2.45, 2.75) is 19.9 Å². The van der Waals surface area contributed by atoms with E-state index in [1.807, 2.05) is 60.2 Å². The lowest BCUT2D eigenvalue weighted by Gasteiger charge is -2.08. The molecule has 7 heteroatoms. The van der Waals surface area contributed by atoms with Crippen LogP contribution in [0.25, 0.3) is 0 Å². The second kappa shape index (κ2) is 9.09. The van der Waals surface area contributed by atoms with Crippen LogP contribution in [0, 0.1) is 0 Å². The van der Waals surface area contributed by atoms with Gasteiger partial charge in [0.25, 0.3) is 0 Å². The number of hydrazone groups is 2. The third-order valence-electron chi connectivity index (χ3n) is 2.40. The predicted octanol–water partition coefficient (Wildman–Crippen LogP) is 2.08. The van der Waals surface area contributed by atoms with E-state index >= 15 is 0 Å². The van der Waals surface area contributed by atoms with E-state index in [9.17, 15) is 0 Å². The SMILES string of the molecule is C/C(=N\N(C)C)O[Si+](Cc1ccccc1)O/C(C)=N/N(C)C. The highest BCUT2D eigenvalue weighted by molar-refractivity contribution is 6.48. The first-order valence-electron chi connectivity index (χ1n) is 7.07. The highest BCUT2D eigenvalue weighted by atomic mass is 28.3. The second-order valence-electron chi connectivity index (χ2n) is 5.17. The van der Waals surface area contributed by atoms with Crippen molar-refractivity contribution in [3.63, 3.8) is 0 Å². The lowest BCUT2D eigenvalue weighted by molar-refractivity contribution is 0.361. The van der Waals surface area contributed by atoms with Gasteiger partial charge in [-0.15, -0.1) is 10.2 Å². The Morgan fingerprint density at radius 2 is 1.36 bits per heavy atom. The summed E-state index contributed by atoms with van der Waals surface area (Å²) in [5.74, 6) is 1.18. The molecule has 0 bridgehead atoms. The number of hydrogen-bond acceptors (Lipinski definition) is 6. The predicted molar refractivity (Wildman–Crippen MR) is 91.7 cm³/mol. The molecule has 120 valence electrons. The molecule has 0 aliphatic heterocycles. The topological polar surface area (TPSA) is 49.7 Å². The number of hydrogen-bond donors (Lipinski definition) is 0. The first-order chi connectivity index (χ1) is 10.4. The standard InChI is InChI=1S/C15H25N4O2Si/c1-13(16-18(3)4)20-22(21-14(2)17-19(5)6)12-15-10-8-7-9-11-15/h7-11H,12H2,1-6H3/q+1/b16-13+,17-14+. The maximum atomic E-state index is 5.91. The van der Waals surface area contributed by atoms with E-state index < -0.39 is 9.28 Å². The quantitative estimate of drug-likeness (QED) is 0.348. The van der Waals surface area contributed by atoms with Crippen LogP contribution in [0.15, 0.2) is 40.5 Å². The lowest BCUT2D eigenvalue weighted by Crippen LogP contribution is -2.31. The third kappa shape index (κ3) is 7.68. The van der Waals surface area contributed by atoms with Gasteiger partial charge in [-0.2, -0.15) is 0 Å². The highest BCUT2D eigenvalue weighted by Gasteiger charge is 2.39. The molecule has 1 aromatic carbocycles. The number of rotatable bonds is 6. The van der Waals surface area contributed by atoms with Gasteiger partial charge in [0.2, 0.25) is 11.8 Å². The van der Waals surface area contributed by atoms with Crippen molar-refractivity contribution in [1.82, 2.24) is 10.0 Å². The zero-order valence-electron chi connectivity index (χ0n) is 14.2. The molecular formula is C15H25N4O2Si+. The fraction of sp³-hybridized carbons (Fsp3) is 0.467. The van der Waals surface area contributed by atoms with Crippen LogP contribution < -0.4 is 0 Å². The van der Waals surface area contributed by atoms with Crippen LogP contribution in [0.3, 0.4) is 0 Å². The second-order valence-corrected chi connectivity index (χ2v) is 6.68. The van der Waals surface area contributed by atoms with Crippen molar-refractivity contribution >= 4 is 21.1 Å². The van der Waals surface area contributed by atoms with Gasteiger partial charge in [0.1, 0.15) is 0 Å². The Morgan fingerprint density at radius 1 is 0.909 bits per heavy atom. The first-order valence-corrected chi connectivity index (χ1v) is 8.59. The summed E-state index contributed by atoms with van der Waals surface area (Å²) in [6, 6.07) is 10.9. The van der Waals surface area contributed by atoms with E-state index in [2.05, 4.69) is 22.3 Å². The zero-order chi connectivity index (χ0) is 16.5. The van der Waals surface area contributed by atoms with Crippen LogP contribution in [-0.2, 0) is 14.9 Å². The highest BCUT2D eigenvalue weighted by Crippen LogP contribution is 2.06. The molecule has 0 fully saturated rings. The van der Waals surface area contributed by atoms with Gasteiger partial charge in [-0.05, 0) is 5.56 Å². The third-order valence-corrected chi connectivity index (χ3v) is 4.14.